The van der Waals surface area contributed by atoms with Gasteiger partial charge in [-0.15, -0.1) is 0 Å². The molecule has 0 spiro atoms. The Morgan fingerprint density at radius 2 is 2.27 bits per heavy atom. The van der Waals surface area contributed by atoms with Gasteiger partial charge in [-0.25, -0.2) is 9.78 Å². The molecule has 7 heteroatoms. The molecule has 0 aromatic carbocycles. The molecule has 122 valence electrons. The Bertz CT molecular complexity index is 519. The standard InChI is InChI=1S/C15H22ClN3O3/c1-15(2,3)22-14(20)19-8-4-5-11(9-19)10-21-12-6-7-17-13(16)18-12/h6-7,11H,4-5,8-10H2,1-3H3/t11-/m1/s1. The number of likely N-dealkylation sites (tertiary alicyclic amines) is 1. The van der Waals surface area contributed by atoms with Gasteiger partial charge in [-0.1, -0.05) is 0 Å². The number of piperidine rings is 1. The van der Waals surface area contributed by atoms with Crippen molar-refractivity contribution in [2.75, 3.05) is 19.7 Å². The second-order valence-corrected chi connectivity index (χ2v) is 6.75. The molecule has 0 saturated carbocycles. The fourth-order valence-electron chi connectivity index (χ4n) is 2.30. The van der Waals surface area contributed by atoms with E-state index in [-0.39, 0.29) is 17.3 Å². The van der Waals surface area contributed by atoms with Crippen molar-refractivity contribution in [1.29, 1.82) is 0 Å². The first-order valence-electron chi connectivity index (χ1n) is 7.43. The zero-order chi connectivity index (χ0) is 16.2. The second-order valence-electron chi connectivity index (χ2n) is 6.41. The fraction of sp³-hybridized carbons (Fsp3) is 0.667. The number of ether oxygens (including phenoxy) is 2. The number of hydrogen-bond acceptors (Lipinski definition) is 5. The smallest absolute Gasteiger partial charge is 0.410 e. The van der Waals surface area contributed by atoms with Crippen molar-refractivity contribution in [2.24, 2.45) is 5.92 Å². The molecule has 2 rings (SSSR count). The minimum atomic E-state index is -0.474. The SMILES string of the molecule is CC(C)(C)OC(=O)N1CCC[C@@H](COc2ccnc(Cl)n2)C1. The lowest BCUT2D eigenvalue weighted by Gasteiger charge is -2.33. The van der Waals surface area contributed by atoms with Gasteiger partial charge in [0.2, 0.25) is 11.2 Å². The lowest BCUT2D eigenvalue weighted by Crippen LogP contribution is -2.44. The van der Waals surface area contributed by atoms with E-state index in [4.69, 9.17) is 21.1 Å². The molecule has 1 aromatic rings. The number of halogens is 1. The van der Waals surface area contributed by atoms with Crippen LogP contribution in [0.25, 0.3) is 0 Å². The molecule has 1 aliphatic heterocycles. The third-order valence-electron chi connectivity index (χ3n) is 3.24. The topological polar surface area (TPSA) is 64.5 Å². The van der Waals surface area contributed by atoms with Gasteiger partial charge in [0.25, 0.3) is 0 Å². The molecule has 0 radical (unpaired) electrons. The van der Waals surface area contributed by atoms with Crippen LogP contribution in [0.1, 0.15) is 33.6 Å². The van der Waals surface area contributed by atoms with E-state index in [1.165, 1.54) is 0 Å². The summed E-state index contributed by atoms with van der Waals surface area (Å²) in [4.78, 5) is 21.6. The first-order chi connectivity index (χ1) is 10.3. The molecule has 2 heterocycles. The van der Waals surface area contributed by atoms with Crippen molar-refractivity contribution in [3.05, 3.63) is 17.5 Å². The molecule has 6 nitrogen and oxygen atoms in total. The Kier molecular flexibility index (Phi) is 5.45. The lowest BCUT2D eigenvalue weighted by molar-refractivity contribution is 0.0138. The summed E-state index contributed by atoms with van der Waals surface area (Å²) in [6, 6.07) is 1.67. The van der Waals surface area contributed by atoms with Gasteiger partial charge in [-0.05, 0) is 45.2 Å². The monoisotopic (exact) mass is 327 g/mol. The largest absolute Gasteiger partial charge is 0.477 e. The van der Waals surface area contributed by atoms with Gasteiger partial charge in [0, 0.05) is 31.3 Å². The van der Waals surface area contributed by atoms with Gasteiger partial charge in [-0.3, -0.25) is 0 Å². The summed E-state index contributed by atoms with van der Waals surface area (Å²) < 4.78 is 11.1. The number of carbonyl (C=O) groups is 1. The quantitative estimate of drug-likeness (QED) is 0.798. The summed E-state index contributed by atoms with van der Waals surface area (Å²) in [6.07, 6.45) is 3.25. The number of hydrogen-bond donors (Lipinski definition) is 0. The summed E-state index contributed by atoms with van der Waals surface area (Å²) in [5, 5.41) is 0.163. The number of amides is 1. The highest BCUT2D eigenvalue weighted by molar-refractivity contribution is 6.28. The average Bonchev–Trinajstić information content (AvgIpc) is 2.44. The normalized spacial score (nSPS) is 18.9. The van der Waals surface area contributed by atoms with Crippen LogP contribution >= 0.6 is 11.6 Å². The molecular weight excluding hydrogens is 306 g/mol. The van der Waals surface area contributed by atoms with E-state index in [9.17, 15) is 4.79 Å². The molecule has 0 unspecified atom stereocenters. The zero-order valence-corrected chi connectivity index (χ0v) is 14.0. The van der Waals surface area contributed by atoms with Crippen molar-refractivity contribution in [2.45, 2.75) is 39.2 Å². The van der Waals surface area contributed by atoms with Crippen LogP contribution in [0.2, 0.25) is 5.28 Å². The molecule has 1 aromatic heterocycles. The highest BCUT2D eigenvalue weighted by Crippen LogP contribution is 2.20. The number of aromatic nitrogens is 2. The van der Waals surface area contributed by atoms with Crippen LogP contribution in [-0.4, -0.2) is 46.3 Å². The molecule has 1 saturated heterocycles. The van der Waals surface area contributed by atoms with E-state index in [1.807, 2.05) is 20.8 Å². The van der Waals surface area contributed by atoms with Gasteiger partial charge in [0.05, 0.1) is 6.61 Å². The van der Waals surface area contributed by atoms with Gasteiger partial charge in [-0.2, -0.15) is 4.98 Å². The molecule has 0 aliphatic carbocycles. The van der Waals surface area contributed by atoms with Crippen LogP contribution in [0.3, 0.4) is 0 Å². The van der Waals surface area contributed by atoms with Gasteiger partial charge in [0.15, 0.2) is 0 Å². The van der Waals surface area contributed by atoms with Gasteiger partial charge >= 0.3 is 6.09 Å². The predicted molar refractivity (Wildman–Crippen MR) is 83.1 cm³/mol. The Balaban J connectivity index is 1.84. The van der Waals surface area contributed by atoms with E-state index >= 15 is 0 Å². The highest BCUT2D eigenvalue weighted by Gasteiger charge is 2.27. The molecule has 1 fully saturated rings. The molecular formula is C15H22ClN3O3. The van der Waals surface area contributed by atoms with Crippen LogP contribution in [0.5, 0.6) is 5.88 Å². The molecule has 0 bridgehead atoms. The van der Waals surface area contributed by atoms with E-state index in [0.29, 0.717) is 19.0 Å². The molecule has 1 amide bonds. The van der Waals surface area contributed by atoms with Gasteiger partial charge < -0.3 is 14.4 Å². The van der Waals surface area contributed by atoms with E-state index in [0.717, 1.165) is 19.4 Å². The van der Waals surface area contributed by atoms with Crippen LogP contribution in [-0.2, 0) is 4.74 Å². The minimum absolute atomic E-state index is 0.163. The Morgan fingerprint density at radius 1 is 1.50 bits per heavy atom. The molecule has 1 aliphatic rings. The summed E-state index contributed by atoms with van der Waals surface area (Å²) in [7, 11) is 0. The number of nitrogens with zero attached hydrogens (tertiary/aromatic N) is 3. The zero-order valence-electron chi connectivity index (χ0n) is 13.2. The van der Waals surface area contributed by atoms with Crippen LogP contribution in [0, 0.1) is 5.92 Å². The van der Waals surface area contributed by atoms with Crippen molar-refractivity contribution >= 4 is 17.7 Å². The third-order valence-corrected chi connectivity index (χ3v) is 3.42. The van der Waals surface area contributed by atoms with Crippen molar-refractivity contribution in [3.8, 4) is 5.88 Å². The van der Waals surface area contributed by atoms with Gasteiger partial charge in [0.1, 0.15) is 5.60 Å². The Morgan fingerprint density at radius 3 is 2.95 bits per heavy atom. The maximum Gasteiger partial charge on any atom is 0.410 e. The van der Waals surface area contributed by atoms with E-state index in [2.05, 4.69) is 9.97 Å². The van der Waals surface area contributed by atoms with Crippen molar-refractivity contribution in [3.63, 3.8) is 0 Å². The highest BCUT2D eigenvalue weighted by atomic mass is 35.5. The summed E-state index contributed by atoms with van der Waals surface area (Å²) in [5.74, 6) is 0.712. The summed E-state index contributed by atoms with van der Waals surface area (Å²) in [5.41, 5.74) is -0.474. The first-order valence-corrected chi connectivity index (χ1v) is 7.80. The lowest BCUT2D eigenvalue weighted by atomic mass is 9.99. The Hall–Kier alpha value is -1.56. The summed E-state index contributed by atoms with van der Waals surface area (Å²) in [6.45, 7) is 7.46. The van der Waals surface area contributed by atoms with E-state index < -0.39 is 5.60 Å². The number of carbonyl (C=O) groups excluding carboxylic acids is 1. The van der Waals surface area contributed by atoms with E-state index in [1.54, 1.807) is 17.2 Å². The van der Waals surface area contributed by atoms with Crippen molar-refractivity contribution < 1.29 is 14.3 Å². The first kappa shape index (κ1) is 16.8. The summed E-state index contributed by atoms with van der Waals surface area (Å²) >= 11 is 5.72. The van der Waals surface area contributed by atoms with Crippen LogP contribution < -0.4 is 4.74 Å². The number of rotatable bonds is 3. The maximum atomic E-state index is 12.1. The van der Waals surface area contributed by atoms with Crippen LogP contribution in [0.15, 0.2) is 12.3 Å². The molecule has 22 heavy (non-hydrogen) atoms. The van der Waals surface area contributed by atoms with Crippen LogP contribution in [0.4, 0.5) is 4.79 Å². The average molecular weight is 328 g/mol. The second kappa shape index (κ2) is 7.13. The minimum Gasteiger partial charge on any atom is -0.477 e. The fourth-order valence-corrected chi connectivity index (χ4v) is 2.44. The van der Waals surface area contributed by atoms with Crippen molar-refractivity contribution in [1.82, 2.24) is 14.9 Å². The Labute approximate surface area is 135 Å². The molecule has 0 N–H and O–H groups in total. The molecule has 1 atom stereocenters. The maximum absolute atomic E-state index is 12.1. The predicted octanol–water partition coefficient (Wildman–Crippen LogP) is 3.16. The third kappa shape index (κ3) is 5.33.